The minimum Gasteiger partial charge on any atom is -0.362 e. The lowest BCUT2D eigenvalue weighted by atomic mass is 9.84. The Kier molecular flexibility index (Phi) is 4.08. The molecule has 1 N–H and O–H groups in total. The van der Waals surface area contributed by atoms with Crippen molar-refractivity contribution in [2.45, 2.75) is 38.1 Å². The van der Waals surface area contributed by atoms with Crippen molar-refractivity contribution in [1.29, 1.82) is 0 Å². The molecule has 3 aromatic rings. The van der Waals surface area contributed by atoms with E-state index in [0.29, 0.717) is 32.9 Å². The molecule has 130 valence electrons. The van der Waals surface area contributed by atoms with Gasteiger partial charge in [-0.2, -0.15) is 0 Å². The molecule has 0 spiro atoms. The van der Waals surface area contributed by atoms with E-state index in [4.69, 9.17) is 27.7 Å². The number of hydrogen-bond donors (Lipinski definition) is 1. The quantitative estimate of drug-likeness (QED) is 0.671. The molecule has 3 unspecified atom stereocenters. The molecule has 1 fully saturated rings. The van der Waals surface area contributed by atoms with Crippen molar-refractivity contribution in [3.8, 4) is 0 Å². The Bertz CT molecular complexity index is 928. The molecule has 7 heteroatoms. The summed E-state index contributed by atoms with van der Waals surface area (Å²) in [6.45, 7) is 4.41. The Labute approximate surface area is 155 Å². The zero-order valence-corrected chi connectivity index (χ0v) is 15.5. The highest BCUT2D eigenvalue weighted by atomic mass is 35.5. The minimum atomic E-state index is -0.0469. The van der Waals surface area contributed by atoms with Gasteiger partial charge in [0.2, 0.25) is 5.58 Å². The largest absolute Gasteiger partial charge is 0.362 e. The van der Waals surface area contributed by atoms with Crippen molar-refractivity contribution >= 4 is 40.1 Å². The number of fused-ring (bicyclic) bond motifs is 1. The van der Waals surface area contributed by atoms with Gasteiger partial charge in [-0.25, -0.2) is 9.97 Å². The first-order valence-corrected chi connectivity index (χ1v) is 9.09. The summed E-state index contributed by atoms with van der Waals surface area (Å²) < 4.78 is 5.32. The maximum atomic E-state index is 6.53. The van der Waals surface area contributed by atoms with Crippen LogP contribution in [0.25, 0.3) is 11.1 Å². The summed E-state index contributed by atoms with van der Waals surface area (Å²) in [5.74, 6) is 1.16. The number of halogens is 2. The molecule has 1 aliphatic rings. The van der Waals surface area contributed by atoms with Gasteiger partial charge in [0.25, 0.3) is 0 Å². The first-order valence-electron chi connectivity index (χ1n) is 8.33. The second-order valence-corrected chi connectivity index (χ2v) is 7.49. The highest BCUT2D eigenvalue weighted by molar-refractivity contribution is 6.35. The van der Waals surface area contributed by atoms with Gasteiger partial charge < -0.3 is 9.84 Å². The van der Waals surface area contributed by atoms with E-state index >= 15 is 0 Å². The zero-order chi connectivity index (χ0) is 17.6. The van der Waals surface area contributed by atoms with Gasteiger partial charge in [-0.1, -0.05) is 48.3 Å². The third-order valence-electron chi connectivity index (χ3n) is 5.28. The Morgan fingerprint density at radius 3 is 2.88 bits per heavy atom. The number of nitrogens with zero attached hydrogens (tertiary/aromatic N) is 3. The van der Waals surface area contributed by atoms with Crippen molar-refractivity contribution in [2.24, 2.45) is 5.92 Å². The van der Waals surface area contributed by atoms with Gasteiger partial charge in [-0.05, 0) is 36.5 Å². The number of nitrogens with one attached hydrogen (secondary N) is 1. The molecule has 1 saturated carbocycles. The van der Waals surface area contributed by atoms with Crippen LogP contribution >= 0.6 is 23.2 Å². The van der Waals surface area contributed by atoms with Crippen molar-refractivity contribution in [3.63, 3.8) is 0 Å². The third-order valence-corrected chi connectivity index (χ3v) is 5.82. The van der Waals surface area contributed by atoms with Gasteiger partial charge in [0, 0.05) is 21.5 Å². The second kappa shape index (κ2) is 6.15. The van der Waals surface area contributed by atoms with Gasteiger partial charge in [0.05, 0.1) is 6.20 Å². The number of rotatable bonds is 5. The lowest BCUT2D eigenvalue weighted by Crippen LogP contribution is -2.35. The highest BCUT2D eigenvalue weighted by Gasteiger charge is 2.58. The normalized spacial score (nSPS) is 23.6. The van der Waals surface area contributed by atoms with Gasteiger partial charge in [-0.15, -0.1) is 0 Å². The zero-order valence-electron chi connectivity index (χ0n) is 14.0. The molecule has 0 aliphatic heterocycles. The maximum absolute atomic E-state index is 6.53. The summed E-state index contributed by atoms with van der Waals surface area (Å²) in [5, 5.41) is 9.04. The SMILES string of the molecule is CCC(Nc1noc2cncnc12)C1(c2ccc(Cl)cc2Cl)CC1C. The monoisotopic (exact) mass is 376 g/mol. The minimum absolute atomic E-state index is 0.0469. The first kappa shape index (κ1) is 16.6. The van der Waals surface area contributed by atoms with Gasteiger partial charge in [0.1, 0.15) is 6.33 Å². The van der Waals surface area contributed by atoms with Crippen LogP contribution in [-0.4, -0.2) is 21.2 Å². The number of benzene rings is 1. The Morgan fingerprint density at radius 2 is 2.20 bits per heavy atom. The first-order chi connectivity index (χ1) is 12.1. The average Bonchev–Trinajstić information content (AvgIpc) is 3.10. The van der Waals surface area contributed by atoms with Crippen LogP contribution in [0.1, 0.15) is 32.3 Å². The van der Waals surface area contributed by atoms with Gasteiger partial charge in [-0.3, -0.25) is 0 Å². The van der Waals surface area contributed by atoms with Crippen LogP contribution in [-0.2, 0) is 5.41 Å². The van der Waals surface area contributed by atoms with Crippen molar-refractivity contribution in [1.82, 2.24) is 15.1 Å². The van der Waals surface area contributed by atoms with E-state index in [0.717, 1.165) is 18.4 Å². The van der Waals surface area contributed by atoms with E-state index in [-0.39, 0.29) is 11.5 Å². The molecule has 1 aromatic carbocycles. The van der Waals surface area contributed by atoms with Crippen LogP contribution in [0.2, 0.25) is 10.0 Å². The number of hydrogen-bond acceptors (Lipinski definition) is 5. The van der Waals surface area contributed by atoms with Gasteiger partial charge >= 0.3 is 0 Å². The van der Waals surface area contributed by atoms with E-state index in [9.17, 15) is 0 Å². The van der Waals surface area contributed by atoms with E-state index < -0.39 is 0 Å². The molecule has 5 nitrogen and oxygen atoms in total. The highest BCUT2D eigenvalue weighted by Crippen LogP contribution is 2.59. The number of anilines is 1. The molecular formula is C18H18Cl2N4O. The van der Waals surface area contributed by atoms with Crippen LogP contribution in [0, 0.1) is 5.92 Å². The summed E-state index contributed by atoms with van der Waals surface area (Å²) in [7, 11) is 0. The lowest BCUT2D eigenvalue weighted by molar-refractivity contribution is 0.450. The number of aromatic nitrogens is 3. The molecule has 0 amide bonds. The smallest absolute Gasteiger partial charge is 0.205 e. The summed E-state index contributed by atoms with van der Waals surface area (Å²) in [6.07, 6.45) is 5.09. The predicted molar refractivity (Wildman–Crippen MR) is 99.2 cm³/mol. The van der Waals surface area contributed by atoms with Crippen LogP contribution in [0.15, 0.2) is 35.2 Å². The van der Waals surface area contributed by atoms with Crippen LogP contribution in [0.5, 0.6) is 0 Å². The fourth-order valence-corrected chi connectivity index (χ4v) is 4.50. The molecule has 25 heavy (non-hydrogen) atoms. The fourth-order valence-electron chi connectivity index (χ4n) is 3.92. The third kappa shape index (κ3) is 2.66. The molecule has 0 bridgehead atoms. The molecule has 3 atom stereocenters. The summed E-state index contributed by atoms with van der Waals surface area (Å²) in [6, 6.07) is 5.92. The summed E-state index contributed by atoms with van der Waals surface area (Å²) >= 11 is 12.6. The predicted octanol–water partition coefficient (Wildman–Crippen LogP) is 5.09. The standard InChI is InChI=1S/C18H18Cl2N4O/c1-3-15(23-17-16-14(25-24-17)8-21-9-22-16)18(7-10(18)2)12-5-4-11(19)6-13(12)20/h4-6,8-10,15H,3,7H2,1-2H3,(H,23,24). The molecule has 1 aliphatic carbocycles. The Hall–Kier alpha value is -1.85. The lowest BCUT2D eigenvalue weighted by Gasteiger charge is -2.29. The van der Waals surface area contributed by atoms with Crippen LogP contribution < -0.4 is 5.32 Å². The molecule has 2 heterocycles. The van der Waals surface area contributed by atoms with Crippen LogP contribution in [0.4, 0.5) is 5.82 Å². The molecular weight excluding hydrogens is 359 g/mol. The molecule has 2 aromatic heterocycles. The van der Waals surface area contributed by atoms with Crippen LogP contribution in [0.3, 0.4) is 0 Å². The second-order valence-electron chi connectivity index (χ2n) is 6.64. The average molecular weight is 377 g/mol. The Balaban J connectivity index is 1.72. The van der Waals surface area contributed by atoms with E-state index in [2.05, 4.69) is 34.3 Å². The van der Waals surface area contributed by atoms with E-state index in [1.165, 1.54) is 6.33 Å². The summed E-state index contributed by atoms with van der Waals surface area (Å²) in [4.78, 5) is 8.24. The van der Waals surface area contributed by atoms with Crippen molar-refractivity contribution < 1.29 is 4.52 Å². The topological polar surface area (TPSA) is 63.8 Å². The van der Waals surface area contributed by atoms with E-state index in [1.807, 2.05) is 18.2 Å². The van der Waals surface area contributed by atoms with Crippen molar-refractivity contribution in [2.75, 3.05) is 5.32 Å². The van der Waals surface area contributed by atoms with E-state index in [1.54, 1.807) is 6.20 Å². The molecule has 0 radical (unpaired) electrons. The molecule has 0 saturated heterocycles. The van der Waals surface area contributed by atoms with Gasteiger partial charge in [0.15, 0.2) is 11.3 Å². The molecule has 4 rings (SSSR count). The maximum Gasteiger partial charge on any atom is 0.205 e. The van der Waals surface area contributed by atoms with Crippen molar-refractivity contribution in [3.05, 3.63) is 46.3 Å². The summed E-state index contributed by atoms with van der Waals surface area (Å²) in [5.41, 5.74) is 2.35. The Morgan fingerprint density at radius 1 is 1.40 bits per heavy atom. The fraction of sp³-hybridized carbons (Fsp3) is 0.389.